The van der Waals surface area contributed by atoms with E-state index in [0.717, 1.165) is 12.8 Å². The van der Waals surface area contributed by atoms with Gasteiger partial charge in [0.25, 0.3) is 0 Å². The predicted octanol–water partition coefficient (Wildman–Crippen LogP) is 7.74. The van der Waals surface area contributed by atoms with Crippen molar-refractivity contribution < 1.29 is 4.79 Å². The van der Waals surface area contributed by atoms with Crippen LogP contribution in [0.1, 0.15) is 96.6 Å². The molecular weight excluding hydrogens is 364 g/mol. The number of hydrogen-bond donors (Lipinski definition) is 0. The molecule has 0 radical (unpaired) electrons. The molecule has 2 aromatic rings. The average Bonchev–Trinajstić information content (AvgIpc) is 2.58. The zero-order valence-electron chi connectivity index (χ0n) is 19.3. The number of carbonyl (C=O) groups is 1. The first-order valence-electron chi connectivity index (χ1n) is 12.1. The van der Waals surface area contributed by atoms with Gasteiger partial charge in [-0.05, 0) is 110 Å². The summed E-state index contributed by atoms with van der Waals surface area (Å²) in [5, 5.41) is 0. The number of carbonyl (C=O) groups excluding carboxylic acids is 1. The molecule has 2 fully saturated rings. The molecule has 0 spiro atoms. The molecule has 0 N–H and O–H groups in total. The van der Waals surface area contributed by atoms with Gasteiger partial charge in [-0.3, -0.25) is 4.79 Å². The first-order valence-corrected chi connectivity index (χ1v) is 12.1. The van der Waals surface area contributed by atoms with Crippen LogP contribution in [-0.4, -0.2) is 5.78 Å². The molecule has 2 aromatic carbocycles. The highest BCUT2D eigenvalue weighted by Crippen LogP contribution is 2.46. The molecule has 1 nitrogen and oxygen atoms in total. The van der Waals surface area contributed by atoms with Crippen molar-refractivity contribution in [2.24, 2.45) is 11.8 Å². The fourth-order valence-corrected chi connectivity index (χ4v) is 6.09. The van der Waals surface area contributed by atoms with Gasteiger partial charge >= 0.3 is 0 Å². The Kier molecular flexibility index (Phi) is 6.46. The van der Waals surface area contributed by atoms with E-state index in [4.69, 9.17) is 0 Å². The van der Waals surface area contributed by atoms with Crippen LogP contribution in [0.4, 0.5) is 0 Å². The topological polar surface area (TPSA) is 17.1 Å². The highest BCUT2D eigenvalue weighted by atomic mass is 16.1. The van der Waals surface area contributed by atoms with Gasteiger partial charge in [0.15, 0.2) is 0 Å². The average molecular weight is 403 g/mol. The van der Waals surface area contributed by atoms with Crippen LogP contribution in [0, 0.1) is 39.5 Å². The van der Waals surface area contributed by atoms with Crippen molar-refractivity contribution >= 4 is 5.78 Å². The molecule has 160 valence electrons. The molecule has 0 heterocycles. The summed E-state index contributed by atoms with van der Waals surface area (Å²) in [7, 11) is 0. The Morgan fingerprint density at radius 3 is 1.30 bits per heavy atom. The lowest BCUT2D eigenvalue weighted by atomic mass is 9.67. The van der Waals surface area contributed by atoms with E-state index in [1.54, 1.807) is 0 Å². The fraction of sp³-hybridized carbons (Fsp3) is 0.552. The van der Waals surface area contributed by atoms with Crippen molar-refractivity contribution in [2.45, 2.75) is 90.9 Å². The summed E-state index contributed by atoms with van der Waals surface area (Å²) in [4.78, 5) is 13.5. The van der Waals surface area contributed by atoms with Gasteiger partial charge in [0.05, 0.1) is 0 Å². The molecule has 0 bridgehead atoms. The lowest BCUT2D eigenvalue weighted by molar-refractivity contribution is -0.120. The summed E-state index contributed by atoms with van der Waals surface area (Å²) in [5.41, 5.74) is 8.38. The van der Waals surface area contributed by atoms with E-state index >= 15 is 0 Å². The van der Waals surface area contributed by atoms with Crippen LogP contribution in [0.25, 0.3) is 0 Å². The highest BCUT2D eigenvalue weighted by Gasteiger charge is 2.35. The Morgan fingerprint density at radius 2 is 1.03 bits per heavy atom. The van der Waals surface area contributed by atoms with Crippen molar-refractivity contribution in [2.75, 3.05) is 0 Å². The largest absolute Gasteiger partial charge is 0.300 e. The maximum atomic E-state index is 13.5. The third-order valence-electron chi connectivity index (χ3n) is 8.16. The maximum absolute atomic E-state index is 13.5. The molecule has 0 aliphatic heterocycles. The Morgan fingerprint density at radius 1 is 0.700 bits per heavy atom. The van der Waals surface area contributed by atoms with Crippen LogP contribution in [-0.2, 0) is 4.79 Å². The minimum absolute atomic E-state index is 0.410. The molecule has 2 unspecified atom stereocenters. The predicted molar refractivity (Wildman–Crippen MR) is 126 cm³/mol. The Labute approximate surface area is 183 Å². The maximum Gasteiger partial charge on any atom is 0.134 e. The van der Waals surface area contributed by atoms with Crippen LogP contribution in [0.2, 0.25) is 0 Å². The lowest BCUT2D eigenvalue weighted by Gasteiger charge is -2.37. The van der Waals surface area contributed by atoms with E-state index in [0.29, 0.717) is 29.5 Å². The van der Waals surface area contributed by atoms with Gasteiger partial charge in [-0.2, -0.15) is 0 Å². The van der Waals surface area contributed by atoms with Crippen molar-refractivity contribution in [3.05, 3.63) is 69.8 Å². The molecular formula is C29H38O. The van der Waals surface area contributed by atoms with Gasteiger partial charge in [0.1, 0.15) is 5.78 Å². The summed E-state index contributed by atoms with van der Waals surface area (Å²) in [6.45, 7) is 8.91. The van der Waals surface area contributed by atoms with Gasteiger partial charge in [0.2, 0.25) is 0 Å². The van der Waals surface area contributed by atoms with Crippen LogP contribution >= 0.6 is 0 Å². The lowest BCUT2D eigenvalue weighted by Crippen LogP contribution is -2.27. The molecule has 2 atom stereocenters. The second-order valence-corrected chi connectivity index (χ2v) is 10.2. The number of aryl methyl sites for hydroxylation is 4. The Bertz CT molecular complexity index is 787. The summed E-state index contributed by atoms with van der Waals surface area (Å²) in [5.74, 6) is 2.68. The second kappa shape index (κ2) is 9.08. The van der Waals surface area contributed by atoms with E-state index in [9.17, 15) is 4.79 Å². The minimum Gasteiger partial charge on any atom is -0.300 e. The molecule has 1 heteroatoms. The number of rotatable bonds is 8. The Hall–Kier alpha value is -1.89. The van der Waals surface area contributed by atoms with E-state index in [2.05, 4.69) is 64.1 Å². The molecule has 0 saturated heterocycles. The van der Waals surface area contributed by atoms with Crippen molar-refractivity contribution in [1.82, 2.24) is 0 Å². The number of Topliss-reactive ketones (excluding diaryl/α,β-unsaturated/α-hetero) is 1. The number of ketones is 1. The Balaban J connectivity index is 1.57. The quantitative estimate of drug-likeness (QED) is 0.441. The first-order chi connectivity index (χ1) is 14.5. The van der Waals surface area contributed by atoms with Crippen LogP contribution < -0.4 is 0 Å². The van der Waals surface area contributed by atoms with E-state index in [-0.39, 0.29) is 0 Å². The third kappa shape index (κ3) is 4.27. The second-order valence-electron chi connectivity index (χ2n) is 10.2. The highest BCUT2D eigenvalue weighted by molar-refractivity contribution is 5.80. The third-order valence-corrected chi connectivity index (χ3v) is 8.16. The first kappa shape index (κ1) is 21.3. The van der Waals surface area contributed by atoms with Crippen molar-refractivity contribution in [3.63, 3.8) is 0 Å². The van der Waals surface area contributed by atoms with E-state index in [1.807, 2.05) is 0 Å². The molecule has 2 aliphatic rings. The summed E-state index contributed by atoms with van der Waals surface area (Å²) in [6.07, 6.45) is 9.25. The van der Waals surface area contributed by atoms with Gasteiger partial charge < -0.3 is 0 Å². The number of benzene rings is 2. The minimum atomic E-state index is 0.410. The van der Waals surface area contributed by atoms with Crippen LogP contribution in [0.5, 0.6) is 0 Å². The van der Waals surface area contributed by atoms with Crippen molar-refractivity contribution in [3.8, 4) is 0 Å². The van der Waals surface area contributed by atoms with Gasteiger partial charge in [-0.15, -0.1) is 0 Å². The number of hydrogen-bond acceptors (Lipinski definition) is 1. The standard InChI is InChI=1S/C29H38O/c1-19-9-5-10-20(2)28(19)26(23-13-7-14-23)17-25(30)18-27(24-15-8-16-24)29-21(3)11-6-12-22(29)4/h5-6,9-12,23-24,26-27H,7-8,13-18H2,1-4H3. The zero-order chi connectivity index (χ0) is 21.3. The molecule has 2 aliphatic carbocycles. The fourth-order valence-electron chi connectivity index (χ4n) is 6.09. The van der Waals surface area contributed by atoms with E-state index < -0.39 is 0 Å². The van der Waals surface area contributed by atoms with Gasteiger partial charge in [-0.1, -0.05) is 49.2 Å². The summed E-state index contributed by atoms with van der Waals surface area (Å²) in [6, 6.07) is 13.2. The smallest absolute Gasteiger partial charge is 0.134 e. The van der Waals surface area contributed by atoms with Crippen molar-refractivity contribution in [1.29, 1.82) is 0 Å². The summed E-state index contributed by atoms with van der Waals surface area (Å²) < 4.78 is 0. The molecule has 30 heavy (non-hydrogen) atoms. The summed E-state index contributed by atoms with van der Waals surface area (Å²) >= 11 is 0. The monoisotopic (exact) mass is 402 g/mol. The zero-order valence-corrected chi connectivity index (χ0v) is 19.3. The molecule has 4 rings (SSSR count). The molecule has 0 amide bonds. The van der Waals surface area contributed by atoms with Crippen LogP contribution in [0.3, 0.4) is 0 Å². The normalized spacial score (nSPS) is 19.1. The molecule has 0 aromatic heterocycles. The SMILES string of the molecule is Cc1cccc(C)c1C(CC(=O)CC(c1c(C)cccc1C)C1CCC1)C1CCC1. The molecule has 2 saturated carbocycles. The van der Waals surface area contributed by atoms with Gasteiger partial charge in [-0.25, -0.2) is 0 Å². The van der Waals surface area contributed by atoms with Gasteiger partial charge in [0, 0.05) is 12.8 Å². The van der Waals surface area contributed by atoms with Crippen LogP contribution in [0.15, 0.2) is 36.4 Å². The van der Waals surface area contributed by atoms with E-state index in [1.165, 1.54) is 71.9 Å².